The molecule has 18 heavy (non-hydrogen) atoms. The number of hydrogen-bond acceptors (Lipinski definition) is 4. The van der Waals surface area contributed by atoms with Crippen LogP contribution in [0.25, 0.3) is 0 Å². The zero-order valence-electron chi connectivity index (χ0n) is 11.7. The molecule has 5 nitrogen and oxygen atoms in total. The van der Waals surface area contributed by atoms with Crippen LogP contribution < -0.4 is 5.32 Å². The van der Waals surface area contributed by atoms with E-state index < -0.39 is 11.5 Å². The Morgan fingerprint density at radius 2 is 2.11 bits per heavy atom. The van der Waals surface area contributed by atoms with Gasteiger partial charge in [-0.2, -0.15) is 0 Å². The molecule has 1 aliphatic rings. The van der Waals surface area contributed by atoms with Crippen LogP contribution in [0.4, 0.5) is 0 Å². The molecule has 1 rings (SSSR count). The van der Waals surface area contributed by atoms with E-state index in [0.717, 1.165) is 39.0 Å². The van der Waals surface area contributed by atoms with Crippen LogP contribution in [0.3, 0.4) is 0 Å². The number of hydrogen-bond donors (Lipinski definition) is 2. The fourth-order valence-corrected chi connectivity index (χ4v) is 2.35. The van der Waals surface area contributed by atoms with Gasteiger partial charge >= 0.3 is 5.97 Å². The fourth-order valence-electron chi connectivity index (χ4n) is 2.35. The van der Waals surface area contributed by atoms with Crippen LogP contribution in [0.15, 0.2) is 0 Å². The fraction of sp³-hybridized carbons (Fsp3) is 0.923. The van der Waals surface area contributed by atoms with Crippen molar-refractivity contribution in [2.24, 2.45) is 0 Å². The van der Waals surface area contributed by atoms with E-state index in [1.54, 1.807) is 6.92 Å². The van der Waals surface area contributed by atoms with E-state index in [0.29, 0.717) is 12.6 Å². The van der Waals surface area contributed by atoms with Crippen molar-refractivity contribution in [2.75, 3.05) is 33.4 Å². The molecule has 1 heterocycles. The molecule has 2 N–H and O–H groups in total. The molecule has 1 atom stereocenters. The lowest BCUT2D eigenvalue weighted by Crippen LogP contribution is -2.58. The molecule has 1 aliphatic heterocycles. The molecule has 0 saturated carbocycles. The molecule has 0 amide bonds. The minimum atomic E-state index is -0.872. The van der Waals surface area contributed by atoms with Gasteiger partial charge in [-0.05, 0) is 39.8 Å². The van der Waals surface area contributed by atoms with E-state index in [1.165, 1.54) is 0 Å². The Labute approximate surface area is 109 Å². The quantitative estimate of drug-likeness (QED) is 0.711. The number of ether oxygens (including phenoxy) is 1. The van der Waals surface area contributed by atoms with E-state index in [4.69, 9.17) is 4.74 Å². The Balaban J connectivity index is 2.55. The molecule has 0 aliphatic carbocycles. The predicted octanol–water partition coefficient (Wildman–Crippen LogP) is 0.940. The second-order valence-electron chi connectivity index (χ2n) is 5.32. The van der Waals surface area contributed by atoms with Gasteiger partial charge < -0.3 is 20.1 Å². The van der Waals surface area contributed by atoms with Crippen LogP contribution in [0, 0.1) is 0 Å². The van der Waals surface area contributed by atoms with Gasteiger partial charge in [0.15, 0.2) is 0 Å². The molecule has 0 radical (unpaired) electrons. The lowest BCUT2D eigenvalue weighted by molar-refractivity contribution is -0.145. The monoisotopic (exact) mass is 258 g/mol. The summed E-state index contributed by atoms with van der Waals surface area (Å²) in [6.45, 7) is 6.61. The summed E-state index contributed by atoms with van der Waals surface area (Å²) in [6.07, 6.45) is 2.91. The third kappa shape index (κ3) is 4.23. The Morgan fingerprint density at radius 1 is 1.50 bits per heavy atom. The van der Waals surface area contributed by atoms with Crippen LogP contribution >= 0.6 is 0 Å². The zero-order valence-corrected chi connectivity index (χ0v) is 11.7. The van der Waals surface area contributed by atoms with Crippen molar-refractivity contribution >= 4 is 5.97 Å². The third-order valence-corrected chi connectivity index (χ3v) is 3.62. The number of nitrogens with zero attached hydrogens (tertiary/aromatic N) is 1. The number of aliphatic carboxylic acids is 1. The molecule has 0 aromatic heterocycles. The smallest absolute Gasteiger partial charge is 0.324 e. The Bertz CT molecular complexity index is 267. The Hall–Kier alpha value is -0.650. The van der Waals surface area contributed by atoms with Gasteiger partial charge in [0.05, 0.1) is 0 Å². The van der Waals surface area contributed by atoms with Crippen molar-refractivity contribution in [1.82, 2.24) is 10.2 Å². The molecule has 0 bridgehead atoms. The van der Waals surface area contributed by atoms with Crippen molar-refractivity contribution in [3.8, 4) is 0 Å². The van der Waals surface area contributed by atoms with Gasteiger partial charge in [0, 0.05) is 25.8 Å². The van der Waals surface area contributed by atoms with E-state index in [2.05, 4.69) is 10.2 Å². The van der Waals surface area contributed by atoms with Gasteiger partial charge in [0.1, 0.15) is 5.54 Å². The Morgan fingerprint density at radius 3 is 2.61 bits per heavy atom. The van der Waals surface area contributed by atoms with Crippen LogP contribution in [-0.4, -0.2) is 60.9 Å². The minimum Gasteiger partial charge on any atom is -0.480 e. The third-order valence-electron chi connectivity index (χ3n) is 3.62. The highest BCUT2D eigenvalue weighted by atomic mass is 16.5. The second-order valence-corrected chi connectivity index (χ2v) is 5.32. The zero-order chi connectivity index (χ0) is 13.6. The molecular formula is C13H26N2O3. The summed E-state index contributed by atoms with van der Waals surface area (Å²) in [7, 11) is 2.00. The maximum Gasteiger partial charge on any atom is 0.324 e. The van der Waals surface area contributed by atoms with E-state index in [-0.39, 0.29) is 0 Å². The molecule has 1 fully saturated rings. The van der Waals surface area contributed by atoms with Gasteiger partial charge in [0.25, 0.3) is 0 Å². The average Bonchev–Trinajstić information content (AvgIpc) is 2.37. The summed E-state index contributed by atoms with van der Waals surface area (Å²) in [5.74, 6) is -0.783. The molecule has 0 aromatic rings. The van der Waals surface area contributed by atoms with Crippen molar-refractivity contribution in [2.45, 2.75) is 44.7 Å². The lowest BCUT2D eigenvalue weighted by atomic mass is 9.99. The van der Waals surface area contributed by atoms with Crippen LogP contribution in [0.2, 0.25) is 0 Å². The topological polar surface area (TPSA) is 61.8 Å². The highest BCUT2D eigenvalue weighted by Crippen LogP contribution is 2.16. The number of likely N-dealkylation sites (N-methyl/N-ethyl adjacent to an activating group) is 1. The summed E-state index contributed by atoms with van der Waals surface area (Å²) in [4.78, 5) is 13.6. The Kier molecular flexibility index (Phi) is 6.05. The number of carbonyl (C=O) groups is 1. The first-order chi connectivity index (χ1) is 8.49. The molecule has 0 aromatic carbocycles. The SMILES string of the molecule is CCCNC(C)(CN(C)C1CCOCC1)C(=O)O. The summed E-state index contributed by atoms with van der Waals surface area (Å²) < 4.78 is 5.33. The minimum absolute atomic E-state index is 0.431. The van der Waals surface area contributed by atoms with E-state index in [9.17, 15) is 9.90 Å². The first-order valence-electron chi connectivity index (χ1n) is 6.76. The van der Waals surface area contributed by atoms with Crippen LogP contribution in [0.5, 0.6) is 0 Å². The predicted molar refractivity (Wildman–Crippen MR) is 70.8 cm³/mol. The largest absolute Gasteiger partial charge is 0.480 e. The first-order valence-corrected chi connectivity index (χ1v) is 6.76. The summed E-state index contributed by atoms with van der Waals surface area (Å²) in [5, 5.41) is 12.5. The molecule has 106 valence electrons. The number of carboxylic acid groups (broad SMARTS) is 1. The lowest BCUT2D eigenvalue weighted by Gasteiger charge is -2.37. The highest BCUT2D eigenvalue weighted by Gasteiger charge is 2.35. The molecule has 5 heteroatoms. The van der Waals surface area contributed by atoms with Crippen molar-refractivity contribution < 1.29 is 14.6 Å². The molecule has 0 spiro atoms. The van der Waals surface area contributed by atoms with Crippen LogP contribution in [-0.2, 0) is 9.53 Å². The van der Waals surface area contributed by atoms with Gasteiger partial charge in [-0.1, -0.05) is 6.92 Å². The summed E-state index contributed by atoms with van der Waals surface area (Å²) >= 11 is 0. The number of nitrogens with one attached hydrogen (secondary N) is 1. The maximum atomic E-state index is 11.4. The first kappa shape index (κ1) is 15.4. The maximum absolute atomic E-state index is 11.4. The normalized spacial score (nSPS) is 20.9. The number of rotatable bonds is 7. The molecule has 1 saturated heterocycles. The molecular weight excluding hydrogens is 232 g/mol. The average molecular weight is 258 g/mol. The van der Waals surface area contributed by atoms with Crippen molar-refractivity contribution in [3.05, 3.63) is 0 Å². The standard InChI is InChI=1S/C13H26N2O3/c1-4-7-14-13(2,12(16)17)10-15(3)11-5-8-18-9-6-11/h11,14H,4-10H2,1-3H3,(H,16,17). The van der Waals surface area contributed by atoms with E-state index >= 15 is 0 Å². The highest BCUT2D eigenvalue weighted by molar-refractivity contribution is 5.78. The van der Waals surface area contributed by atoms with Gasteiger partial charge in [0.2, 0.25) is 0 Å². The van der Waals surface area contributed by atoms with Gasteiger partial charge in [-0.15, -0.1) is 0 Å². The summed E-state index contributed by atoms with van der Waals surface area (Å²) in [5.41, 5.74) is -0.872. The van der Waals surface area contributed by atoms with Gasteiger partial charge in [-0.3, -0.25) is 4.79 Å². The van der Waals surface area contributed by atoms with E-state index in [1.807, 2.05) is 14.0 Å². The molecule has 1 unspecified atom stereocenters. The number of carboxylic acids is 1. The van der Waals surface area contributed by atoms with Gasteiger partial charge in [-0.25, -0.2) is 0 Å². The second kappa shape index (κ2) is 7.07. The van der Waals surface area contributed by atoms with Crippen LogP contribution in [0.1, 0.15) is 33.1 Å². The van der Waals surface area contributed by atoms with Crippen molar-refractivity contribution in [1.29, 1.82) is 0 Å². The summed E-state index contributed by atoms with van der Waals surface area (Å²) in [6, 6.07) is 0.431. The van der Waals surface area contributed by atoms with Crippen molar-refractivity contribution in [3.63, 3.8) is 0 Å².